The zero-order valence-electron chi connectivity index (χ0n) is 17.2. The standard InChI is InChI=1S/C22H24N2O6S/c1-2-24(13-21(25)23-15-3-5-17-19(11-15)29-9-7-27-17)22(26)14-31-16-4-6-18-20(12-16)30-10-8-28-18/h3-6,11-12H,2,7-10,13-14H2,1H3,(H,23,25). The highest BCUT2D eigenvalue weighted by molar-refractivity contribution is 8.00. The van der Waals surface area contributed by atoms with Crippen molar-refractivity contribution < 1.29 is 28.5 Å². The Labute approximate surface area is 184 Å². The van der Waals surface area contributed by atoms with Crippen LogP contribution in [0.5, 0.6) is 23.0 Å². The molecule has 4 rings (SSSR count). The number of carbonyl (C=O) groups excluding carboxylic acids is 2. The lowest BCUT2D eigenvalue weighted by atomic mass is 10.2. The van der Waals surface area contributed by atoms with Crippen LogP contribution in [0.25, 0.3) is 0 Å². The molecule has 8 nitrogen and oxygen atoms in total. The first kappa shape index (κ1) is 21.2. The molecule has 0 spiro atoms. The average molecular weight is 445 g/mol. The van der Waals surface area contributed by atoms with E-state index >= 15 is 0 Å². The van der Waals surface area contributed by atoms with Crippen LogP contribution in [-0.4, -0.2) is 62.0 Å². The molecule has 0 fully saturated rings. The fourth-order valence-electron chi connectivity index (χ4n) is 3.22. The molecule has 2 amide bonds. The van der Waals surface area contributed by atoms with Crippen molar-refractivity contribution in [1.29, 1.82) is 0 Å². The highest BCUT2D eigenvalue weighted by Crippen LogP contribution is 2.34. The van der Waals surface area contributed by atoms with Gasteiger partial charge < -0.3 is 29.2 Å². The van der Waals surface area contributed by atoms with Gasteiger partial charge in [-0.3, -0.25) is 9.59 Å². The van der Waals surface area contributed by atoms with E-state index in [1.807, 2.05) is 25.1 Å². The molecule has 9 heteroatoms. The van der Waals surface area contributed by atoms with Crippen LogP contribution in [0.1, 0.15) is 6.92 Å². The van der Waals surface area contributed by atoms with E-state index in [0.717, 1.165) is 4.90 Å². The summed E-state index contributed by atoms with van der Waals surface area (Å²) in [5, 5.41) is 2.81. The summed E-state index contributed by atoms with van der Waals surface area (Å²) in [5.41, 5.74) is 0.600. The molecule has 0 saturated carbocycles. The Morgan fingerprint density at radius 1 is 0.903 bits per heavy atom. The maximum Gasteiger partial charge on any atom is 0.243 e. The highest BCUT2D eigenvalue weighted by Gasteiger charge is 2.18. The number of fused-ring (bicyclic) bond motifs is 2. The molecule has 2 aromatic carbocycles. The molecule has 2 aliphatic heterocycles. The molecule has 2 aromatic rings. The summed E-state index contributed by atoms with van der Waals surface area (Å²) in [6.45, 7) is 4.31. The van der Waals surface area contributed by atoms with Crippen molar-refractivity contribution in [2.24, 2.45) is 0 Å². The van der Waals surface area contributed by atoms with Crippen LogP contribution >= 0.6 is 11.8 Å². The van der Waals surface area contributed by atoms with Crippen molar-refractivity contribution in [3.63, 3.8) is 0 Å². The molecule has 164 valence electrons. The van der Waals surface area contributed by atoms with Crippen LogP contribution in [0, 0.1) is 0 Å². The van der Waals surface area contributed by atoms with Gasteiger partial charge in [-0.25, -0.2) is 0 Å². The summed E-state index contributed by atoms with van der Waals surface area (Å²) in [5.74, 6) is 2.51. The van der Waals surface area contributed by atoms with E-state index < -0.39 is 0 Å². The van der Waals surface area contributed by atoms with Gasteiger partial charge in [0.1, 0.15) is 26.4 Å². The van der Waals surface area contributed by atoms with Gasteiger partial charge in [0.05, 0.1) is 12.3 Å². The Hall–Kier alpha value is -3.07. The molecule has 0 aliphatic carbocycles. The van der Waals surface area contributed by atoms with Crippen molar-refractivity contribution in [3.8, 4) is 23.0 Å². The quantitative estimate of drug-likeness (QED) is 0.657. The third-order valence-corrected chi connectivity index (χ3v) is 5.75. The zero-order chi connectivity index (χ0) is 21.6. The van der Waals surface area contributed by atoms with Crippen molar-refractivity contribution in [3.05, 3.63) is 36.4 Å². The minimum absolute atomic E-state index is 0.0223. The normalized spacial score (nSPS) is 14.0. The number of ether oxygens (including phenoxy) is 4. The second-order valence-corrected chi connectivity index (χ2v) is 7.96. The molecule has 0 bridgehead atoms. The molecule has 0 aromatic heterocycles. The topological polar surface area (TPSA) is 86.3 Å². The number of likely N-dealkylation sites (N-methyl/N-ethyl adjacent to an activating group) is 1. The van der Waals surface area contributed by atoms with Crippen LogP contribution in [0.15, 0.2) is 41.3 Å². The van der Waals surface area contributed by atoms with Crippen LogP contribution in [0.3, 0.4) is 0 Å². The summed E-state index contributed by atoms with van der Waals surface area (Å²) in [6.07, 6.45) is 0. The smallest absolute Gasteiger partial charge is 0.243 e. The molecule has 2 aliphatic rings. The van der Waals surface area contributed by atoms with Gasteiger partial charge in [0.25, 0.3) is 0 Å². The first-order chi connectivity index (χ1) is 15.1. The van der Waals surface area contributed by atoms with Crippen LogP contribution in [0.4, 0.5) is 5.69 Å². The lowest BCUT2D eigenvalue weighted by molar-refractivity contribution is -0.132. The van der Waals surface area contributed by atoms with Gasteiger partial charge in [-0.15, -0.1) is 11.8 Å². The van der Waals surface area contributed by atoms with Crippen molar-refractivity contribution in [1.82, 2.24) is 4.90 Å². The predicted octanol–water partition coefficient (Wildman–Crippen LogP) is 2.81. The number of rotatable bonds is 7. The molecular formula is C22H24N2O6S. The number of carbonyl (C=O) groups is 2. The number of thioether (sulfide) groups is 1. The van der Waals surface area contributed by atoms with E-state index in [1.54, 1.807) is 18.2 Å². The maximum absolute atomic E-state index is 12.6. The van der Waals surface area contributed by atoms with E-state index in [0.29, 0.717) is 61.7 Å². The number of amides is 2. The number of nitrogens with zero attached hydrogens (tertiary/aromatic N) is 1. The molecule has 0 atom stereocenters. The first-order valence-electron chi connectivity index (χ1n) is 10.1. The van der Waals surface area contributed by atoms with Crippen molar-refractivity contribution in [2.45, 2.75) is 11.8 Å². The SMILES string of the molecule is CCN(CC(=O)Nc1ccc2c(c1)OCCO2)C(=O)CSc1ccc2c(c1)OCCO2. The predicted molar refractivity (Wildman–Crippen MR) is 116 cm³/mol. The number of nitrogens with one attached hydrogen (secondary N) is 1. The Kier molecular flexibility index (Phi) is 6.71. The monoisotopic (exact) mass is 444 g/mol. The molecule has 2 heterocycles. The van der Waals surface area contributed by atoms with Crippen LogP contribution in [0.2, 0.25) is 0 Å². The van der Waals surface area contributed by atoms with E-state index in [1.165, 1.54) is 16.7 Å². The lowest BCUT2D eigenvalue weighted by Gasteiger charge is -2.22. The maximum atomic E-state index is 12.6. The molecule has 0 saturated heterocycles. The van der Waals surface area contributed by atoms with Gasteiger partial charge in [0, 0.05) is 23.2 Å². The Bertz CT molecular complexity index is 967. The Morgan fingerprint density at radius 3 is 2.19 bits per heavy atom. The second-order valence-electron chi connectivity index (χ2n) is 6.91. The number of benzene rings is 2. The third-order valence-electron chi connectivity index (χ3n) is 4.77. The summed E-state index contributed by atoms with van der Waals surface area (Å²) < 4.78 is 22.1. The van der Waals surface area contributed by atoms with E-state index in [2.05, 4.69) is 5.32 Å². The molecule has 1 N–H and O–H groups in total. The van der Waals surface area contributed by atoms with Crippen molar-refractivity contribution in [2.75, 3.05) is 50.6 Å². The second kappa shape index (κ2) is 9.82. The summed E-state index contributed by atoms with van der Waals surface area (Å²) in [7, 11) is 0. The minimum atomic E-state index is -0.267. The number of hydrogen-bond donors (Lipinski definition) is 1. The highest BCUT2D eigenvalue weighted by atomic mass is 32.2. The number of hydrogen-bond acceptors (Lipinski definition) is 7. The van der Waals surface area contributed by atoms with Crippen LogP contribution in [-0.2, 0) is 9.59 Å². The van der Waals surface area contributed by atoms with E-state index in [4.69, 9.17) is 18.9 Å². The molecular weight excluding hydrogens is 420 g/mol. The summed E-state index contributed by atoms with van der Waals surface area (Å²) in [6, 6.07) is 10.9. The Balaban J connectivity index is 1.30. The van der Waals surface area contributed by atoms with Crippen LogP contribution < -0.4 is 24.3 Å². The average Bonchev–Trinajstić information content (AvgIpc) is 2.80. The van der Waals surface area contributed by atoms with Gasteiger partial charge >= 0.3 is 0 Å². The fraction of sp³-hybridized carbons (Fsp3) is 0.364. The largest absolute Gasteiger partial charge is 0.486 e. The molecule has 31 heavy (non-hydrogen) atoms. The fourth-order valence-corrected chi connectivity index (χ4v) is 4.05. The first-order valence-corrected chi connectivity index (χ1v) is 11.1. The van der Waals surface area contributed by atoms with E-state index in [9.17, 15) is 9.59 Å². The van der Waals surface area contributed by atoms with Gasteiger partial charge in [0.2, 0.25) is 11.8 Å². The van der Waals surface area contributed by atoms with E-state index in [-0.39, 0.29) is 24.1 Å². The number of anilines is 1. The Morgan fingerprint density at radius 2 is 1.52 bits per heavy atom. The van der Waals surface area contributed by atoms with Gasteiger partial charge in [0.15, 0.2) is 23.0 Å². The van der Waals surface area contributed by atoms with Gasteiger partial charge in [-0.05, 0) is 37.3 Å². The summed E-state index contributed by atoms with van der Waals surface area (Å²) in [4.78, 5) is 27.6. The summed E-state index contributed by atoms with van der Waals surface area (Å²) >= 11 is 1.40. The third kappa shape index (κ3) is 5.35. The van der Waals surface area contributed by atoms with Gasteiger partial charge in [-0.2, -0.15) is 0 Å². The molecule has 0 radical (unpaired) electrons. The minimum Gasteiger partial charge on any atom is -0.486 e. The van der Waals surface area contributed by atoms with Crippen molar-refractivity contribution >= 4 is 29.3 Å². The zero-order valence-corrected chi connectivity index (χ0v) is 18.0. The lowest BCUT2D eigenvalue weighted by Crippen LogP contribution is -2.38. The van der Waals surface area contributed by atoms with Gasteiger partial charge in [-0.1, -0.05) is 0 Å². The molecule has 0 unspecified atom stereocenters.